The predicted octanol–water partition coefficient (Wildman–Crippen LogP) is 5.92. The van der Waals surface area contributed by atoms with Crippen LogP contribution in [-0.2, 0) is 6.54 Å². The number of hydrogen-bond acceptors (Lipinski definition) is 0. The molecule has 0 bridgehead atoms. The van der Waals surface area contributed by atoms with Crippen molar-refractivity contribution >= 4 is 5.57 Å². The highest BCUT2D eigenvalue weighted by Crippen LogP contribution is 2.38. The Bertz CT molecular complexity index is 899. The lowest BCUT2D eigenvalue weighted by Crippen LogP contribution is -2.41. The van der Waals surface area contributed by atoms with Gasteiger partial charge in [0, 0.05) is 24.6 Å². The Labute approximate surface area is 157 Å². The molecule has 1 aliphatic carbocycles. The van der Waals surface area contributed by atoms with Gasteiger partial charge in [0.15, 0.2) is 12.7 Å². The fourth-order valence-electron chi connectivity index (χ4n) is 3.84. The van der Waals surface area contributed by atoms with Crippen LogP contribution in [0.5, 0.6) is 0 Å². The maximum Gasteiger partial charge on any atom is 0.305 e. The van der Waals surface area contributed by atoms with Gasteiger partial charge >= 0.3 is 6.20 Å². The van der Waals surface area contributed by atoms with Crippen LogP contribution in [0.25, 0.3) is 10.4 Å². The van der Waals surface area contributed by atoms with E-state index in [1.54, 1.807) is 6.20 Å². The molecule has 0 aromatic carbocycles. The molecule has 1 aliphatic heterocycles. The second kappa shape index (κ2) is 8.15. The van der Waals surface area contributed by atoms with E-state index in [9.17, 15) is 0 Å². The summed E-state index contributed by atoms with van der Waals surface area (Å²) >= 11 is 0. The number of rotatable bonds is 4. The summed E-state index contributed by atoms with van der Waals surface area (Å²) in [6.07, 6.45) is 17.1. The van der Waals surface area contributed by atoms with Gasteiger partial charge in [-0.05, 0) is 65.8 Å². The molecule has 0 fully saturated rings. The first-order valence-electron chi connectivity index (χ1n) is 9.49. The zero-order valence-corrected chi connectivity index (χ0v) is 16.1. The number of aromatic nitrogens is 1. The first kappa shape index (κ1) is 18.1. The van der Waals surface area contributed by atoms with Crippen LogP contribution >= 0.6 is 0 Å². The number of fused-ring (bicyclic) bond motifs is 3. The quantitative estimate of drug-likeness (QED) is 0.473. The van der Waals surface area contributed by atoms with E-state index in [0.717, 1.165) is 32.2 Å². The third kappa shape index (κ3) is 3.78. The zero-order valence-electron chi connectivity index (χ0n) is 16.1. The molecule has 0 saturated heterocycles. The fourth-order valence-corrected chi connectivity index (χ4v) is 3.84. The summed E-state index contributed by atoms with van der Waals surface area (Å²) in [4.78, 5) is 3.56. The third-order valence-electron chi connectivity index (χ3n) is 5.24. The topological polar surface area (TPSA) is 8.24 Å². The molecule has 2 heterocycles. The first-order valence-corrected chi connectivity index (χ1v) is 9.49. The zero-order chi connectivity index (χ0) is 18.5. The molecule has 1 aromatic heterocycles. The van der Waals surface area contributed by atoms with Crippen molar-refractivity contribution in [1.82, 2.24) is 0 Å². The predicted molar refractivity (Wildman–Crippen MR) is 110 cm³/mol. The van der Waals surface area contributed by atoms with Crippen LogP contribution in [0.1, 0.15) is 50.8 Å². The average Bonchev–Trinajstić information content (AvgIpc) is 2.83. The van der Waals surface area contributed by atoms with Gasteiger partial charge in [0.05, 0.1) is 5.57 Å². The SMILES string of the molecule is C#[N+]/C=C\C(C)=C/CC1=C2C(=CCC=C1CC)CC[n+]1ccc(C)cc12. The second-order valence-corrected chi connectivity index (χ2v) is 7.05. The van der Waals surface area contributed by atoms with E-state index < -0.39 is 0 Å². The van der Waals surface area contributed by atoms with Crippen molar-refractivity contribution in [2.24, 2.45) is 0 Å². The van der Waals surface area contributed by atoms with Crippen molar-refractivity contribution in [2.75, 3.05) is 0 Å². The average molecular weight is 345 g/mol. The van der Waals surface area contributed by atoms with Crippen LogP contribution in [0.4, 0.5) is 0 Å². The molecule has 0 radical (unpaired) electrons. The summed E-state index contributed by atoms with van der Waals surface area (Å²) in [6.45, 7) is 12.8. The van der Waals surface area contributed by atoms with E-state index in [1.165, 1.54) is 39.1 Å². The molecule has 3 rings (SSSR count). The highest BCUT2D eigenvalue weighted by atomic mass is 15.0. The van der Waals surface area contributed by atoms with Crippen molar-refractivity contribution in [2.45, 2.75) is 53.0 Å². The summed E-state index contributed by atoms with van der Waals surface area (Å²) in [6, 6.07) is 4.54. The van der Waals surface area contributed by atoms with Crippen molar-refractivity contribution in [1.29, 1.82) is 0 Å². The summed E-state index contributed by atoms with van der Waals surface area (Å²) in [5.41, 5.74) is 9.74. The van der Waals surface area contributed by atoms with Gasteiger partial charge in [-0.3, -0.25) is 0 Å². The molecule has 2 heteroatoms. The van der Waals surface area contributed by atoms with Crippen molar-refractivity contribution in [3.05, 3.63) is 87.2 Å². The van der Waals surface area contributed by atoms with E-state index in [-0.39, 0.29) is 0 Å². The molecular formula is C24H28N2+2. The van der Waals surface area contributed by atoms with Gasteiger partial charge in [-0.2, -0.15) is 4.57 Å². The van der Waals surface area contributed by atoms with Crippen LogP contribution < -0.4 is 4.57 Å². The third-order valence-corrected chi connectivity index (χ3v) is 5.24. The Balaban J connectivity index is 2.15. The lowest BCUT2D eigenvalue weighted by Gasteiger charge is -2.21. The van der Waals surface area contributed by atoms with Crippen molar-refractivity contribution < 1.29 is 4.57 Å². The highest BCUT2D eigenvalue weighted by Gasteiger charge is 2.29. The van der Waals surface area contributed by atoms with E-state index >= 15 is 0 Å². The van der Waals surface area contributed by atoms with Crippen LogP contribution in [-0.4, -0.2) is 0 Å². The maximum atomic E-state index is 5.22. The summed E-state index contributed by atoms with van der Waals surface area (Å²) < 4.78 is 2.40. The summed E-state index contributed by atoms with van der Waals surface area (Å²) in [7, 11) is 0. The van der Waals surface area contributed by atoms with Gasteiger partial charge in [-0.1, -0.05) is 25.2 Å². The largest absolute Gasteiger partial charge is 0.305 e. The van der Waals surface area contributed by atoms with Crippen LogP contribution in [0, 0.1) is 13.5 Å². The number of nitrogens with zero attached hydrogens (tertiary/aromatic N) is 2. The van der Waals surface area contributed by atoms with Gasteiger partial charge in [0.1, 0.15) is 0 Å². The lowest BCUT2D eigenvalue weighted by molar-refractivity contribution is -0.700. The molecule has 0 N–H and O–H groups in total. The number of aryl methyl sites for hydroxylation is 2. The smallest absolute Gasteiger partial charge is 0.198 e. The van der Waals surface area contributed by atoms with Crippen molar-refractivity contribution in [3.63, 3.8) is 0 Å². The Kier molecular flexibility index (Phi) is 5.68. The highest BCUT2D eigenvalue weighted by molar-refractivity contribution is 5.82. The summed E-state index contributed by atoms with van der Waals surface area (Å²) in [5, 5.41) is 0. The molecule has 0 amide bonds. The maximum absolute atomic E-state index is 5.22. The van der Waals surface area contributed by atoms with E-state index in [2.05, 4.69) is 66.7 Å². The number of hydrogen-bond donors (Lipinski definition) is 0. The normalized spacial score (nSPS) is 17.2. The molecule has 2 aliphatic rings. The van der Waals surface area contributed by atoms with Gasteiger partial charge in [-0.15, -0.1) is 0 Å². The Morgan fingerprint density at radius 3 is 2.96 bits per heavy atom. The Morgan fingerprint density at radius 1 is 1.35 bits per heavy atom. The van der Waals surface area contributed by atoms with Gasteiger partial charge < -0.3 is 0 Å². The van der Waals surface area contributed by atoms with Gasteiger partial charge in [0.2, 0.25) is 5.69 Å². The van der Waals surface area contributed by atoms with Gasteiger partial charge in [0.25, 0.3) is 6.57 Å². The molecule has 0 unspecified atom stereocenters. The minimum atomic E-state index is 0.932. The van der Waals surface area contributed by atoms with Gasteiger partial charge in [-0.25, -0.2) is 0 Å². The summed E-state index contributed by atoms with van der Waals surface area (Å²) in [5.74, 6) is 0. The Hall–Kier alpha value is -2.66. The lowest BCUT2D eigenvalue weighted by atomic mass is 9.86. The van der Waals surface area contributed by atoms with E-state index in [4.69, 9.17) is 6.57 Å². The van der Waals surface area contributed by atoms with E-state index in [1.807, 2.05) is 6.08 Å². The number of allylic oxidation sites excluding steroid dienone is 9. The standard InChI is InChI=1S/C24H28N2/c1-5-20-7-6-8-21-13-16-26-15-12-19(3)17-23(26)24(21)22(20)10-9-18(2)11-14-25-4/h4,7-9,11-12,14-15,17H,5-6,10,13,16H2,1-3H3/q+2/b14-11-,18-9-. The van der Waals surface area contributed by atoms with Crippen LogP contribution in [0.2, 0.25) is 0 Å². The molecule has 0 atom stereocenters. The molecule has 2 nitrogen and oxygen atoms in total. The molecule has 26 heavy (non-hydrogen) atoms. The Morgan fingerprint density at radius 2 is 2.19 bits per heavy atom. The molecule has 0 saturated carbocycles. The molecule has 132 valence electrons. The minimum Gasteiger partial charge on any atom is -0.198 e. The minimum absolute atomic E-state index is 0.932. The van der Waals surface area contributed by atoms with E-state index in [0.29, 0.717) is 0 Å². The number of pyridine rings is 1. The molecule has 0 spiro atoms. The monoisotopic (exact) mass is 344 g/mol. The molecular weight excluding hydrogens is 316 g/mol. The second-order valence-electron chi connectivity index (χ2n) is 7.05. The van der Waals surface area contributed by atoms with Crippen LogP contribution in [0.3, 0.4) is 0 Å². The fraction of sp³-hybridized carbons (Fsp3) is 0.333. The first-order chi connectivity index (χ1) is 12.6. The molecule has 1 aromatic rings. The van der Waals surface area contributed by atoms with Crippen LogP contribution in [0.15, 0.2) is 71.1 Å². The van der Waals surface area contributed by atoms with Crippen molar-refractivity contribution in [3.8, 4) is 6.57 Å².